The van der Waals surface area contributed by atoms with Crippen LogP contribution in [0.25, 0.3) is 5.57 Å². The van der Waals surface area contributed by atoms with Gasteiger partial charge in [-0.1, -0.05) is 38.3 Å². The highest BCUT2D eigenvalue weighted by Gasteiger charge is 2.05. The highest BCUT2D eigenvalue weighted by Crippen LogP contribution is 2.14. The van der Waals surface area contributed by atoms with E-state index < -0.39 is 0 Å². The van der Waals surface area contributed by atoms with Gasteiger partial charge in [-0.05, 0) is 29.7 Å². The first-order valence-corrected chi connectivity index (χ1v) is 5.39. The Hall–Kier alpha value is -1.83. The molecule has 0 radical (unpaired) electrons. The molecule has 0 saturated carbocycles. The summed E-state index contributed by atoms with van der Waals surface area (Å²) in [5, 5.41) is 2.84. The maximum absolute atomic E-state index is 11.7. The first-order valence-electron chi connectivity index (χ1n) is 5.39. The molecule has 1 N–H and O–H groups in total. The highest BCUT2D eigenvalue weighted by atomic mass is 16.1. The van der Waals surface area contributed by atoms with Gasteiger partial charge < -0.3 is 5.32 Å². The molecule has 0 aromatic heterocycles. The van der Waals surface area contributed by atoms with Crippen molar-refractivity contribution >= 4 is 11.5 Å². The molecule has 0 unspecified atom stereocenters. The summed E-state index contributed by atoms with van der Waals surface area (Å²) in [6.45, 7) is 10.2. The molecule has 0 aliphatic rings. The summed E-state index contributed by atoms with van der Waals surface area (Å²) in [7, 11) is 0. The number of allylic oxidation sites excluding steroid dienone is 2. The van der Waals surface area contributed by atoms with Crippen molar-refractivity contribution in [2.75, 3.05) is 6.54 Å². The zero-order valence-electron chi connectivity index (χ0n) is 9.62. The van der Waals surface area contributed by atoms with Crippen LogP contribution >= 0.6 is 0 Å². The van der Waals surface area contributed by atoms with Crippen LogP contribution in [0.2, 0.25) is 0 Å². The SMILES string of the molecule is C=CC(=C)c1cccc(C(=O)NCCC)c1. The van der Waals surface area contributed by atoms with Gasteiger partial charge >= 0.3 is 0 Å². The predicted octanol–water partition coefficient (Wildman–Crippen LogP) is 3.03. The summed E-state index contributed by atoms with van der Waals surface area (Å²) in [6.07, 6.45) is 2.62. The van der Waals surface area contributed by atoms with Crippen LogP contribution in [0.4, 0.5) is 0 Å². The van der Waals surface area contributed by atoms with Crippen LogP contribution < -0.4 is 5.32 Å². The van der Waals surface area contributed by atoms with E-state index in [1.165, 1.54) is 0 Å². The second-order valence-corrected chi connectivity index (χ2v) is 3.57. The largest absolute Gasteiger partial charge is 0.352 e. The fourth-order valence-electron chi connectivity index (χ4n) is 1.32. The number of rotatable bonds is 5. The van der Waals surface area contributed by atoms with Gasteiger partial charge in [0.05, 0.1) is 0 Å². The standard InChI is InChI=1S/C14H17NO/c1-4-9-15-14(16)13-8-6-7-12(10-13)11(3)5-2/h5-8,10H,2-4,9H2,1H3,(H,15,16). The number of hydrogen-bond donors (Lipinski definition) is 1. The van der Waals surface area contributed by atoms with Crippen molar-refractivity contribution in [3.05, 3.63) is 54.6 Å². The Bertz CT molecular complexity index is 407. The molecule has 84 valence electrons. The van der Waals surface area contributed by atoms with E-state index in [9.17, 15) is 4.79 Å². The van der Waals surface area contributed by atoms with Gasteiger partial charge in [0.15, 0.2) is 0 Å². The van der Waals surface area contributed by atoms with Crippen LogP contribution in [0.15, 0.2) is 43.5 Å². The molecule has 0 aliphatic heterocycles. The van der Waals surface area contributed by atoms with E-state index in [2.05, 4.69) is 18.5 Å². The lowest BCUT2D eigenvalue weighted by molar-refractivity contribution is 0.0953. The van der Waals surface area contributed by atoms with E-state index in [0.717, 1.165) is 17.6 Å². The second kappa shape index (κ2) is 5.91. The summed E-state index contributed by atoms with van der Waals surface area (Å²) >= 11 is 0. The summed E-state index contributed by atoms with van der Waals surface area (Å²) < 4.78 is 0. The molecule has 2 heteroatoms. The third kappa shape index (κ3) is 3.09. The van der Waals surface area contributed by atoms with Crippen LogP contribution in [0.5, 0.6) is 0 Å². The summed E-state index contributed by atoms with van der Waals surface area (Å²) in [4.78, 5) is 11.7. The van der Waals surface area contributed by atoms with Crippen molar-refractivity contribution in [1.82, 2.24) is 5.32 Å². The first-order chi connectivity index (χ1) is 7.69. The normalized spacial score (nSPS) is 9.56. The molecule has 0 aliphatic carbocycles. The van der Waals surface area contributed by atoms with Gasteiger partial charge in [-0.25, -0.2) is 0 Å². The Kier molecular flexibility index (Phi) is 4.52. The fraction of sp³-hybridized carbons (Fsp3) is 0.214. The quantitative estimate of drug-likeness (QED) is 0.751. The number of benzene rings is 1. The lowest BCUT2D eigenvalue weighted by Crippen LogP contribution is -2.23. The van der Waals surface area contributed by atoms with E-state index in [1.54, 1.807) is 12.1 Å². The molecule has 2 nitrogen and oxygen atoms in total. The Morgan fingerprint density at radius 3 is 2.75 bits per heavy atom. The van der Waals surface area contributed by atoms with Gasteiger partial charge in [-0.15, -0.1) is 0 Å². The van der Waals surface area contributed by atoms with Crippen molar-refractivity contribution in [3.8, 4) is 0 Å². The molecule has 1 rings (SSSR count). The van der Waals surface area contributed by atoms with Crippen molar-refractivity contribution in [2.45, 2.75) is 13.3 Å². The molecular weight excluding hydrogens is 198 g/mol. The van der Waals surface area contributed by atoms with Gasteiger partial charge in [0.1, 0.15) is 0 Å². The van der Waals surface area contributed by atoms with Crippen molar-refractivity contribution < 1.29 is 4.79 Å². The van der Waals surface area contributed by atoms with Gasteiger partial charge in [0.2, 0.25) is 0 Å². The summed E-state index contributed by atoms with van der Waals surface area (Å²) in [5.74, 6) is -0.0411. The Balaban J connectivity index is 2.85. The monoisotopic (exact) mass is 215 g/mol. The van der Waals surface area contributed by atoms with E-state index in [-0.39, 0.29) is 5.91 Å². The van der Waals surface area contributed by atoms with Crippen molar-refractivity contribution in [3.63, 3.8) is 0 Å². The Labute approximate surface area is 96.7 Å². The average molecular weight is 215 g/mol. The molecule has 16 heavy (non-hydrogen) atoms. The lowest BCUT2D eigenvalue weighted by atomic mass is 10.0. The van der Waals surface area contributed by atoms with Gasteiger partial charge in [-0.2, -0.15) is 0 Å². The maximum Gasteiger partial charge on any atom is 0.251 e. The number of amides is 1. The zero-order chi connectivity index (χ0) is 12.0. The second-order valence-electron chi connectivity index (χ2n) is 3.57. The van der Waals surface area contributed by atoms with E-state index in [0.29, 0.717) is 12.1 Å². The summed E-state index contributed by atoms with van der Waals surface area (Å²) in [6, 6.07) is 7.39. The molecule has 0 fully saturated rings. The third-order valence-electron chi connectivity index (χ3n) is 2.28. The molecule has 1 aromatic carbocycles. The number of nitrogens with one attached hydrogen (secondary N) is 1. The van der Waals surface area contributed by atoms with Crippen LogP contribution in [0.1, 0.15) is 29.3 Å². The first kappa shape index (κ1) is 12.2. The van der Waals surface area contributed by atoms with Crippen LogP contribution in [-0.2, 0) is 0 Å². The zero-order valence-corrected chi connectivity index (χ0v) is 9.62. The topological polar surface area (TPSA) is 29.1 Å². The third-order valence-corrected chi connectivity index (χ3v) is 2.28. The minimum Gasteiger partial charge on any atom is -0.352 e. The highest BCUT2D eigenvalue weighted by molar-refractivity contribution is 5.95. The predicted molar refractivity (Wildman–Crippen MR) is 68.3 cm³/mol. The Morgan fingerprint density at radius 2 is 2.12 bits per heavy atom. The molecule has 1 amide bonds. The fourth-order valence-corrected chi connectivity index (χ4v) is 1.32. The number of hydrogen-bond acceptors (Lipinski definition) is 1. The van der Waals surface area contributed by atoms with Gasteiger partial charge in [-0.3, -0.25) is 4.79 Å². The van der Waals surface area contributed by atoms with Gasteiger partial charge in [0, 0.05) is 12.1 Å². The molecular formula is C14H17NO. The summed E-state index contributed by atoms with van der Waals surface area (Å²) in [5.41, 5.74) is 2.42. The minimum absolute atomic E-state index is 0.0411. The molecule has 0 saturated heterocycles. The van der Waals surface area contributed by atoms with Crippen LogP contribution in [0.3, 0.4) is 0 Å². The van der Waals surface area contributed by atoms with E-state index in [4.69, 9.17) is 0 Å². The van der Waals surface area contributed by atoms with E-state index in [1.807, 2.05) is 25.1 Å². The molecule has 0 bridgehead atoms. The molecule has 0 spiro atoms. The minimum atomic E-state index is -0.0411. The molecule has 0 atom stereocenters. The van der Waals surface area contributed by atoms with E-state index >= 15 is 0 Å². The van der Waals surface area contributed by atoms with Gasteiger partial charge in [0.25, 0.3) is 5.91 Å². The lowest BCUT2D eigenvalue weighted by Gasteiger charge is -2.06. The molecule has 0 heterocycles. The number of carbonyl (C=O) groups is 1. The van der Waals surface area contributed by atoms with Crippen molar-refractivity contribution in [1.29, 1.82) is 0 Å². The average Bonchev–Trinajstić information content (AvgIpc) is 2.35. The maximum atomic E-state index is 11.7. The smallest absolute Gasteiger partial charge is 0.251 e. The molecule has 1 aromatic rings. The van der Waals surface area contributed by atoms with Crippen molar-refractivity contribution in [2.24, 2.45) is 0 Å². The number of carbonyl (C=O) groups excluding carboxylic acids is 1. The van der Waals surface area contributed by atoms with Crippen LogP contribution in [-0.4, -0.2) is 12.5 Å². The Morgan fingerprint density at radius 1 is 1.44 bits per heavy atom. The van der Waals surface area contributed by atoms with Crippen LogP contribution in [0, 0.1) is 0 Å².